The number of rotatable bonds is 3. The maximum absolute atomic E-state index is 5.30. The molecule has 0 spiro atoms. The molecule has 0 saturated carbocycles. The summed E-state index contributed by atoms with van der Waals surface area (Å²) in [5.74, 6) is 0. The summed E-state index contributed by atoms with van der Waals surface area (Å²) in [6.07, 6.45) is 3.59. The van der Waals surface area contributed by atoms with Crippen molar-refractivity contribution in [3.05, 3.63) is 0 Å². The summed E-state index contributed by atoms with van der Waals surface area (Å²) in [5, 5.41) is 4.00. The van der Waals surface area contributed by atoms with Crippen molar-refractivity contribution in [2.45, 2.75) is 25.3 Å². The molecular weight excluding hydrogens is 172 g/mol. The van der Waals surface area contributed by atoms with Gasteiger partial charge in [0.1, 0.15) is 6.61 Å². The summed E-state index contributed by atoms with van der Waals surface area (Å²) in [7, 11) is 0. The van der Waals surface area contributed by atoms with Gasteiger partial charge in [-0.15, -0.1) is 0 Å². The van der Waals surface area contributed by atoms with Crippen LogP contribution >= 0.6 is 12.2 Å². The first-order valence-corrected chi connectivity index (χ1v) is 4.85. The largest absolute Gasteiger partial charge is 0.484 e. The first-order valence-electron chi connectivity index (χ1n) is 4.44. The van der Waals surface area contributed by atoms with E-state index in [-0.39, 0.29) is 6.04 Å². The normalized spacial score (nSPS) is 23.6. The van der Waals surface area contributed by atoms with Gasteiger partial charge in [-0.05, 0) is 31.6 Å². The Morgan fingerprint density at radius 2 is 2.42 bits per heavy atom. The third-order valence-corrected chi connectivity index (χ3v) is 2.36. The minimum Gasteiger partial charge on any atom is -0.484 e. The Morgan fingerprint density at radius 3 is 3.00 bits per heavy atom. The van der Waals surface area contributed by atoms with Gasteiger partial charge in [0, 0.05) is 6.54 Å². The maximum Gasteiger partial charge on any atom is 0.176 e. The van der Waals surface area contributed by atoms with E-state index in [0.717, 1.165) is 13.0 Å². The second-order valence-electron chi connectivity index (χ2n) is 2.96. The van der Waals surface area contributed by atoms with Crippen LogP contribution in [0.2, 0.25) is 0 Å². The molecule has 3 N–H and O–H groups in total. The second kappa shape index (κ2) is 5.45. The highest BCUT2D eigenvalue weighted by Crippen LogP contribution is 2.09. The lowest BCUT2D eigenvalue weighted by atomic mass is 10.1. The Bertz CT molecular complexity index is 146. The third kappa shape index (κ3) is 3.05. The summed E-state index contributed by atoms with van der Waals surface area (Å²) in [4.78, 5) is 0. The van der Waals surface area contributed by atoms with Gasteiger partial charge in [0.15, 0.2) is 5.05 Å². The fourth-order valence-electron chi connectivity index (χ4n) is 1.31. The van der Waals surface area contributed by atoms with Crippen LogP contribution in [0.25, 0.3) is 0 Å². The van der Waals surface area contributed by atoms with Crippen LogP contribution in [-0.4, -0.2) is 30.8 Å². The van der Waals surface area contributed by atoms with Crippen molar-refractivity contribution in [2.75, 3.05) is 19.7 Å². The molecule has 4 heteroatoms. The molecule has 0 bridgehead atoms. The van der Waals surface area contributed by atoms with Crippen LogP contribution in [-0.2, 0) is 4.74 Å². The zero-order valence-corrected chi connectivity index (χ0v) is 8.03. The molecule has 0 aromatic rings. The molecule has 3 nitrogen and oxygen atoms in total. The third-order valence-electron chi connectivity index (χ3n) is 1.96. The van der Waals surface area contributed by atoms with E-state index in [1.165, 1.54) is 12.8 Å². The standard InChI is InChI=1S/C8H16N2OS/c9-4-6-11-8(12)7-3-1-2-5-10-7/h7,10H,1-6,9H2. The van der Waals surface area contributed by atoms with Gasteiger partial charge in [-0.2, -0.15) is 0 Å². The van der Waals surface area contributed by atoms with Crippen molar-refractivity contribution < 1.29 is 4.74 Å². The highest BCUT2D eigenvalue weighted by molar-refractivity contribution is 7.80. The zero-order valence-electron chi connectivity index (χ0n) is 7.21. The van der Waals surface area contributed by atoms with E-state index in [1.807, 2.05) is 0 Å². The quantitative estimate of drug-likeness (QED) is 0.631. The van der Waals surface area contributed by atoms with E-state index in [4.69, 9.17) is 22.7 Å². The predicted molar refractivity (Wildman–Crippen MR) is 53.2 cm³/mol. The molecule has 12 heavy (non-hydrogen) atoms. The van der Waals surface area contributed by atoms with Gasteiger partial charge in [0.2, 0.25) is 0 Å². The Balaban J connectivity index is 2.20. The number of piperidine rings is 1. The van der Waals surface area contributed by atoms with Crippen molar-refractivity contribution in [3.8, 4) is 0 Å². The number of nitrogens with one attached hydrogen (secondary N) is 1. The Kier molecular flexibility index (Phi) is 4.50. The molecule has 0 amide bonds. The average Bonchev–Trinajstić information content (AvgIpc) is 2.15. The summed E-state index contributed by atoms with van der Waals surface area (Å²) >= 11 is 5.10. The number of hydrogen-bond donors (Lipinski definition) is 2. The predicted octanol–water partition coefficient (Wildman–Crippen LogP) is 0.431. The molecule has 1 heterocycles. The molecule has 0 radical (unpaired) electrons. The SMILES string of the molecule is NCCOC(=S)C1CCCCN1. The molecule has 1 saturated heterocycles. The molecular formula is C8H16N2OS. The van der Waals surface area contributed by atoms with Crippen LogP contribution in [0.15, 0.2) is 0 Å². The van der Waals surface area contributed by atoms with Gasteiger partial charge in [0.05, 0.1) is 6.04 Å². The fraction of sp³-hybridized carbons (Fsp3) is 0.875. The van der Waals surface area contributed by atoms with Crippen molar-refractivity contribution >= 4 is 17.3 Å². The summed E-state index contributed by atoms with van der Waals surface area (Å²) in [6, 6.07) is 0.278. The number of nitrogens with two attached hydrogens (primary N) is 1. The molecule has 1 unspecified atom stereocenters. The molecule has 1 rings (SSSR count). The number of hydrogen-bond acceptors (Lipinski definition) is 4. The lowest BCUT2D eigenvalue weighted by Gasteiger charge is -2.23. The summed E-state index contributed by atoms with van der Waals surface area (Å²) < 4.78 is 5.27. The van der Waals surface area contributed by atoms with Crippen LogP contribution in [0.3, 0.4) is 0 Å². The minimum absolute atomic E-state index is 0.278. The van der Waals surface area contributed by atoms with E-state index in [9.17, 15) is 0 Å². The zero-order chi connectivity index (χ0) is 8.81. The molecule has 1 fully saturated rings. The van der Waals surface area contributed by atoms with Crippen LogP contribution < -0.4 is 11.1 Å². The highest BCUT2D eigenvalue weighted by atomic mass is 32.1. The summed E-state index contributed by atoms with van der Waals surface area (Å²) in [5.41, 5.74) is 5.30. The molecule has 70 valence electrons. The second-order valence-corrected chi connectivity index (χ2v) is 3.36. The van der Waals surface area contributed by atoms with Gasteiger partial charge < -0.3 is 15.8 Å². The molecule has 1 atom stereocenters. The summed E-state index contributed by atoms with van der Waals surface area (Å²) in [6.45, 7) is 2.13. The van der Waals surface area contributed by atoms with Gasteiger partial charge in [-0.3, -0.25) is 0 Å². The highest BCUT2D eigenvalue weighted by Gasteiger charge is 2.17. The monoisotopic (exact) mass is 188 g/mol. The molecule has 1 aliphatic heterocycles. The Hall–Kier alpha value is -0.190. The Morgan fingerprint density at radius 1 is 1.58 bits per heavy atom. The Labute approximate surface area is 78.7 Å². The van der Waals surface area contributed by atoms with E-state index in [0.29, 0.717) is 18.2 Å². The van der Waals surface area contributed by atoms with Crippen LogP contribution in [0.4, 0.5) is 0 Å². The minimum atomic E-state index is 0.278. The smallest absolute Gasteiger partial charge is 0.176 e. The van der Waals surface area contributed by atoms with E-state index >= 15 is 0 Å². The van der Waals surface area contributed by atoms with Gasteiger partial charge >= 0.3 is 0 Å². The van der Waals surface area contributed by atoms with Crippen molar-refractivity contribution in [3.63, 3.8) is 0 Å². The average molecular weight is 188 g/mol. The van der Waals surface area contributed by atoms with Gasteiger partial charge in [-0.1, -0.05) is 6.42 Å². The van der Waals surface area contributed by atoms with Gasteiger partial charge in [0.25, 0.3) is 0 Å². The van der Waals surface area contributed by atoms with Crippen LogP contribution in [0, 0.1) is 0 Å². The molecule has 0 aliphatic carbocycles. The first-order chi connectivity index (χ1) is 5.84. The van der Waals surface area contributed by atoms with Crippen molar-refractivity contribution in [1.29, 1.82) is 0 Å². The van der Waals surface area contributed by atoms with Crippen LogP contribution in [0.5, 0.6) is 0 Å². The van der Waals surface area contributed by atoms with E-state index in [2.05, 4.69) is 5.32 Å². The number of thiocarbonyl (C=S) groups is 1. The fourth-order valence-corrected chi connectivity index (χ4v) is 1.60. The topological polar surface area (TPSA) is 47.3 Å². The molecule has 0 aromatic heterocycles. The van der Waals surface area contributed by atoms with Gasteiger partial charge in [-0.25, -0.2) is 0 Å². The van der Waals surface area contributed by atoms with Crippen molar-refractivity contribution in [2.24, 2.45) is 5.73 Å². The van der Waals surface area contributed by atoms with Crippen LogP contribution in [0.1, 0.15) is 19.3 Å². The lowest BCUT2D eigenvalue weighted by molar-refractivity contribution is 0.293. The molecule has 1 aliphatic rings. The lowest BCUT2D eigenvalue weighted by Crippen LogP contribution is -2.41. The number of ether oxygens (including phenoxy) is 1. The van der Waals surface area contributed by atoms with Crippen molar-refractivity contribution in [1.82, 2.24) is 5.32 Å². The maximum atomic E-state index is 5.30. The first kappa shape index (κ1) is 9.89. The molecule has 0 aromatic carbocycles. The van der Waals surface area contributed by atoms with E-state index < -0.39 is 0 Å². The van der Waals surface area contributed by atoms with E-state index in [1.54, 1.807) is 0 Å².